The molecule has 0 aromatic heterocycles. The highest BCUT2D eigenvalue weighted by Crippen LogP contribution is 2.40. The van der Waals surface area contributed by atoms with Gasteiger partial charge < -0.3 is 4.32 Å². The molecule has 6 heavy (non-hydrogen) atoms. The van der Waals surface area contributed by atoms with E-state index < -0.39 is 6.99 Å². The Kier molecular flexibility index (Phi) is 0.865. The Morgan fingerprint density at radius 3 is 2.50 bits per heavy atom. The summed E-state index contributed by atoms with van der Waals surface area (Å²) < 4.78 is 11.8. The molecule has 0 aromatic rings. The summed E-state index contributed by atoms with van der Waals surface area (Å²) in [5, 5.41) is 0. The Bertz CT molecular complexity index is 53.5. The fourth-order valence-corrected chi connectivity index (χ4v) is 0.633. The van der Waals surface area contributed by atoms with Gasteiger partial charge in [0.05, 0.1) is 0 Å². The van der Waals surface area contributed by atoms with Crippen LogP contribution in [0.1, 0.15) is 13.3 Å². The van der Waals surface area contributed by atoms with E-state index in [0.29, 0.717) is 5.82 Å². The van der Waals surface area contributed by atoms with Gasteiger partial charge in [0.2, 0.25) is 0 Å². The van der Waals surface area contributed by atoms with Gasteiger partial charge in [-0.3, -0.25) is 0 Å². The maximum Gasteiger partial charge on any atom is 0.350 e. The molecule has 0 aliphatic carbocycles. The maximum absolute atomic E-state index is 11.8. The molecule has 1 unspecified atom stereocenters. The van der Waals surface area contributed by atoms with E-state index in [9.17, 15) is 4.32 Å². The van der Waals surface area contributed by atoms with Crippen LogP contribution in [0.4, 0.5) is 4.32 Å². The molecule has 0 N–H and O–H groups in total. The van der Waals surface area contributed by atoms with Crippen LogP contribution in [-0.2, 0) is 0 Å². The summed E-state index contributed by atoms with van der Waals surface area (Å²) in [5.74, 6) is 0.435. The van der Waals surface area contributed by atoms with E-state index in [1.54, 1.807) is 0 Å². The smallest absolute Gasteiger partial charge is 0.336 e. The van der Waals surface area contributed by atoms with Crippen LogP contribution in [0.3, 0.4) is 0 Å². The molecular formula is C4H8BF. The minimum Gasteiger partial charge on any atom is -0.336 e. The highest BCUT2D eigenvalue weighted by Gasteiger charge is 2.41. The predicted molar refractivity (Wildman–Crippen MR) is 25.7 cm³/mol. The van der Waals surface area contributed by atoms with Crippen LogP contribution >= 0.6 is 0 Å². The molecule has 0 bridgehead atoms. The average molecular weight is 85.9 g/mol. The van der Waals surface area contributed by atoms with Crippen molar-refractivity contribution in [2.24, 2.45) is 0 Å². The van der Waals surface area contributed by atoms with Gasteiger partial charge in [0.1, 0.15) is 0 Å². The van der Waals surface area contributed by atoms with Crippen molar-refractivity contribution in [3.8, 4) is 0 Å². The Morgan fingerprint density at radius 2 is 2.50 bits per heavy atom. The quantitative estimate of drug-likeness (QED) is 0.426. The summed E-state index contributed by atoms with van der Waals surface area (Å²) in [6, 6.07) is 0. The lowest BCUT2D eigenvalue weighted by Gasteiger charge is -1.75. The van der Waals surface area contributed by atoms with E-state index >= 15 is 0 Å². The average Bonchev–Trinajstić information content (AvgIpc) is 2.19. The molecule has 1 saturated heterocycles. The topological polar surface area (TPSA) is 0 Å². The standard InChI is InChI=1S/C4H8BF/c1-2-4-3-5(4)6/h4H,2-3H2,1H3. The molecular weight excluding hydrogens is 77.9 g/mol. The largest absolute Gasteiger partial charge is 0.350 e. The van der Waals surface area contributed by atoms with Crippen molar-refractivity contribution in [3.63, 3.8) is 0 Å². The summed E-state index contributed by atoms with van der Waals surface area (Å²) in [4.78, 5) is 0. The van der Waals surface area contributed by atoms with Crippen LogP contribution in [0.25, 0.3) is 0 Å². The van der Waals surface area contributed by atoms with Gasteiger partial charge >= 0.3 is 6.99 Å². The highest BCUT2D eigenvalue weighted by atomic mass is 19.1. The molecule has 1 aliphatic heterocycles. The van der Waals surface area contributed by atoms with Gasteiger partial charge in [-0.2, -0.15) is 0 Å². The molecule has 1 aliphatic rings. The fraction of sp³-hybridized carbons (Fsp3) is 1.00. The van der Waals surface area contributed by atoms with E-state index in [0.717, 1.165) is 12.7 Å². The normalized spacial score (nSPS) is 31.0. The molecule has 2 heteroatoms. The van der Waals surface area contributed by atoms with Crippen LogP contribution in [-0.4, -0.2) is 6.99 Å². The van der Waals surface area contributed by atoms with Gasteiger partial charge in [0, 0.05) is 0 Å². The second kappa shape index (κ2) is 1.25. The van der Waals surface area contributed by atoms with Crippen molar-refractivity contribution in [3.05, 3.63) is 0 Å². The molecule has 1 atom stereocenters. The van der Waals surface area contributed by atoms with Crippen LogP contribution in [0.5, 0.6) is 0 Å². The van der Waals surface area contributed by atoms with Gasteiger partial charge in [-0.15, -0.1) is 0 Å². The third-order valence-electron chi connectivity index (χ3n) is 1.36. The lowest BCUT2D eigenvalue weighted by Crippen LogP contribution is -1.72. The molecule has 34 valence electrons. The zero-order valence-corrected chi connectivity index (χ0v) is 3.95. The molecule has 0 nitrogen and oxygen atoms in total. The Morgan fingerprint density at radius 1 is 2.00 bits per heavy atom. The summed E-state index contributed by atoms with van der Waals surface area (Å²) in [7, 11) is 0. The summed E-state index contributed by atoms with van der Waals surface area (Å²) in [6.07, 6.45) is 1.86. The zero-order chi connectivity index (χ0) is 4.57. The van der Waals surface area contributed by atoms with Crippen LogP contribution < -0.4 is 0 Å². The van der Waals surface area contributed by atoms with Crippen LogP contribution in [0.2, 0.25) is 12.1 Å². The maximum atomic E-state index is 11.8. The van der Waals surface area contributed by atoms with E-state index in [4.69, 9.17) is 0 Å². The monoisotopic (exact) mass is 86.1 g/mol. The van der Waals surface area contributed by atoms with Gasteiger partial charge in [0.15, 0.2) is 0 Å². The zero-order valence-electron chi connectivity index (χ0n) is 3.95. The number of rotatable bonds is 1. The predicted octanol–water partition coefficient (Wildman–Crippen LogP) is 1.74. The number of halogens is 1. The van der Waals surface area contributed by atoms with E-state index in [-0.39, 0.29) is 0 Å². The first kappa shape index (κ1) is 4.16. The number of hydrogen-bond acceptors (Lipinski definition) is 0. The van der Waals surface area contributed by atoms with Crippen molar-refractivity contribution < 1.29 is 4.32 Å². The van der Waals surface area contributed by atoms with E-state index in [1.807, 2.05) is 6.92 Å². The van der Waals surface area contributed by atoms with Gasteiger partial charge in [0.25, 0.3) is 0 Å². The second-order valence-corrected chi connectivity index (χ2v) is 1.92. The molecule has 0 spiro atoms. The molecule has 0 aromatic carbocycles. The highest BCUT2D eigenvalue weighted by molar-refractivity contribution is 6.64. The van der Waals surface area contributed by atoms with Crippen LogP contribution in [0, 0.1) is 0 Å². The molecule has 0 amide bonds. The molecule has 1 fully saturated rings. The summed E-state index contributed by atoms with van der Waals surface area (Å²) in [5.41, 5.74) is 0. The van der Waals surface area contributed by atoms with Crippen molar-refractivity contribution >= 4 is 6.99 Å². The van der Waals surface area contributed by atoms with Gasteiger partial charge in [-0.05, 0) is 12.1 Å². The first-order valence-corrected chi connectivity index (χ1v) is 2.48. The lowest BCUT2D eigenvalue weighted by molar-refractivity contribution is 0.844. The van der Waals surface area contributed by atoms with Crippen LogP contribution in [0.15, 0.2) is 0 Å². The molecule has 0 radical (unpaired) electrons. The summed E-state index contributed by atoms with van der Waals surface area (Å²) >= 11 is 0. The second-order valence-electron chi connectivity index (χ2n) is 1.92. The first-order valence-electron chi connectivity index (χ1n) is 2.48. The minimum absolute atomic E-state index is 0.435. The van der Waals surface area contributed by atoms with Crippen molar-refractivity contribution in [1.29, 1.82) is 0 Å². The first-order chi connectivity index (χ1) is 2.84. The fourth-order valence-electron chi connectivity index (χ4n) is 0.633. The van der Waals surface area contributed by atoms with Gasteiger partial charge in [-0.1, -0.05) is 13.3 Å². The molecule has 1 rings (SSSR count). The Hall–Kier alpha value is -0.00506. The number of hydrogen-bond donors (Lipinski definition) is 0. The van der Waals surface area contributed by atoms with Crippen molar-refractivity contribution in [2.75, 3.05) is 0 Å². The molecule has 0 saturated carbocycles. The minimum atomic E-state index is -0.435. The lowest BCUT2D eigenvalue weighted by atomic mass is 9.94. The Labute approximate surface area is 37.9 Å². The van der Waals surface area contributed by atoms with Crippen molar-refractivity contribution in [1.82, 2.24) is 0 Å². The molecule has 1 heterocycles. The van der Waals surface area contributed by atoms with Gasteiger partial charge in [-0.25, -0.2) is 0 Å². The third-order valence-corrected chi connectivity index (χ3v) is 1.36. The Balaban J connectivity index is 2.09. The third kappa shape index (κ3) is 0.561. The van der Waals surface area contributed by atoms with Crippen molar-refractivity contribution in [2.45, 2.75) is 25.5 Å². The van der Waals surface area contributed by atoms with E-state index in [1.165, 1.54) is 0 Å². The van der Waals surface area contributed by atoms with E-state index in [2.05, 4.69) is 0 Å². The SMILES string of the molecule is CCC1CB1F. The summed E-state index contributed by atoms with van der Waals surface area (Å²) in [6.45, 7) is 1.60.